The highest BCUT2D eigenvalue weighted by Gasteiger charge is 2.42. The van der Waals surface area contributed by atoms with Gasteiger partial charge in [0.2, 0.25) is 0 Å². The first-order valence-electron chi connectivity index (χ1n) is 6.24. The predicted octanol–water partition coefficient (Wildman–Crippen LogP) is 2.51. The van der Waals surface area contributed by atoms with E-state index in [1.807, 2.05) is 0 Å². The minimum atomic E-state index is 0.542. The third-order valence-corrected chi connectivity index (χ3v) is 3.54. The van der Waals surface area contributed by atoms with Crippen LogP contribution >= 0.6 is 0 Å². The zero-order chi connectivity index (χ0) is 11.4. The van der Waals surface area contributed by atoms with Gasteiger partial charge >= 0.3 is 0 Å². The van der Waals surface area contributed by atoms with Gasteiger partial charge in [-0.1, -0.05) is 18.2 Å². The van der Waals surface area contributed by atoms with E-state index in [1.54, 1.807) is 0 Å². The number of para-hydroxylation sites is 1. The largest absolute Gasteiger partial charge is 0.371 e. The van der Waals surface area contributed by atoms with Crippen LogP contribution in [0.2, 0.25) is 0 Å². The maximum atomic E-state index is 3.32. The first kappa shape index (κ1) is 11.5. The molecule has 0 atom stereocenters. The lowest BCUT2D eigenvalue weighted by Crippen LogP contribution is -2.35. The topological polar surface area (TPSA) is 15.3 Å². The van der Waals surface area contributed by atoms with E-state index in [4.69, 9.17) is 0 Å². The number of nitrogens with one attached hydrogen (secondary N) is 1. The Labute approximate surface area is 98.7 Å². The highest BCUT2D eigenvalue weighted by Crippen LogP contribution is 2.46. The second kappa shape index (κ2) is 4.88. The molecule has 0 aromatic heterocycles. The van der Waals surface area contributed by atoms with Crippen molar-refractivity contribution in [2.45, 2.75) is 19.8 Å². The van der Waals surface area contributed by atoms with Gasteiger partial charge in [0, 0.05) is 30.7 Å². The molecular weight excluding hydrogens is 196 g/mol. The molecule has 1 aliphatic carbocycles. The van der Waals surface area contributed by atoms with Crippen LogP contribution < -0.4 is 10.2 Å². The third kappa shape index (κ3) is 2.56. The molecule has 0 spiro atoms. The van der Waals surface area contributed by atoms with Gasteiger partial charge in [0.1, 0.15) is 0 Å². The van der Waals surface area contributed by atoms with Crippen molar-refractivity contribution in [3.8, 4) is 0 Å². The molecule has 0 aliphatic heterocycles. The molecule has 1 aromatic rings. The van der Waals surface area contributed by atoms with Crippen molar-refractivity contribution < 1.29 is 0 Å². The van der Waals surface area contributed by atoms with E-state index in [9.17, 15) is 0 Å². The van der Waals surface area contributed by atoms with Crippen molar-refractivity contribution in [3.05, 3.63) is 30.3 Å². The summed E-state index contributed by atoms with van der Waals surface area (Å²) >= 11 is 0. The zero-order valence-electron chi connectivity index (χ0n) is 10.4. The number of hydrogen-bond donors (Lipinski definition) is 1. The predicted molar refractivity (Wildman–Crippen MR) is 69.9 cm³/mol. The first-order chi connectivity index (χ1) is 7.79. The second-order valence-electron chi connectivity index (χ2n) is 4.88. The van der Waals surface area contributed by atoms with Crippen LogP contribution in [-0.4, -0.2) is 26.7 Å². The summed E-state index contributed by atoms with van der Waals surface area (Å²) in [5.41, 5.74) is 1.90. The lowest BCUT2D eigenvalue weighted by molar-refractivity contribution is 0.475. The van der Waals surface area contributed by atoms with Crippen LogP contribution in [0.25, 0.3) is 0 Å². The van der Waals surface area contributed by atoms with Crippen LogP contribution in [0.5, 0.6) is 0 Å². The summed E-state index contributed by atoms with van der Waals surface area (Å²) in [4.78, 5) is 2.49. The normalized spacial score (nSPS) is 17.1. The standard InChI is InChI=1S/C14H22N2/c1-3-16(13-7-5-4-6-8-13)12-14(9-10-14)11-15-2/h4-8,15H,3,9-12H2,1-2H3. The maximum absolute atomic E-state index is 3.32. The summed E-state index contributed by atoms with van der Waals surface area (Å²) in [5.74, 6) is 0. The molecule has 1 fully saturated rings. The minimum absolute atomic E-state index is 0.542. The average Bonchev–Trinajstić information content (AvgIpc) is 3.08. The quantitative estimate of drug-likeness (QED) is 0.789. The van der Waals surface area contributed by atoms with Gasteiger partial charge in [-0.2, -0.15) is 0 Å². The SMILES string of the molecule is CCN(CC1(CNC)CC1)c1ccccc1. The fraction of sp³-hybridized carbons (Fsp3) is 0.571. The van der Waals surface area contributed by atoms with Crippen molar-refractivity contribution >= 4 is 5.69 Å². The van der Waals surface area contributed by atoms with Crippen molar-refractivity contribution in [3.63, 3.8) is 0 Å². The van der Waals surface area contributed by atoms with Crippen molar-refractivity contribution in [1.29, 1.82) is 0 Å². The first-order valence-corrected chi connectivity index (χ1v) is 6.24. The Balaban J connectivity index is 2.01. The molecule has 0 radical (unpaired) electrons. The molecule has 16 heavy (non-hydrogen) atoms. The summed E-state index contributed by atoms with van der Waals surface area (Å²) in [6.45, 7) is 5.67. The lowest BCUT2D eigenvalue weighted by Gasteiger charge is -2.28. The smallest absolute Gasteiger partial charge is 0.0366 e. The number of nitrogens with zero attached hydrogens (tertiary/aromatic N) is 1. The summed E-state index contributed by atoms with van der Waals surface area (Å²) < 4.78 is 0. The Hall–Kier alpha value is -1.02. The Bertz CT molecular complexity index is 317. The Kier molecular flexibility index (Phi) is 3.49. The van der Waals surface area contributed by atoms with Crippen LogP contribution in [0.3, 0.4) is 0 Å². The number of anilines is 1. The van der Waals surface area contributed by atoms with E-state index in [-0.39, 0.29) is 0 Å². The van der Waals surface area contributed by atoms with Gasteiger partial charge in [-0.25, -0.2) is 0 Å². The molecule has 0 unspecified atom stereocenters. The highest BCUT2D eigenvalue weighted by molar-refractivity contribution is 5.46. The monoisotopic (exact) mass is 218 g/mol. The van der Waals surface area contributed by atoms with E-state index in [1.165, 1.54) is 25.1 Å². The highest BCUT2D eigenvalue weighted by atomic mass is 15.1. The Morgan fingerprint density at radius 3 is 2.44 bits per heavy atom. The Morgan fingerprint density at radius 1 is 1.25 bits per heavy atom. The Morgan fingerprint density at radius 2 is 1.94 bits per heavy atom. The van der Waals surface area contributed by atoms with Crippen LogP contribution in [0.1, 0.15) is 19.8 Å². The van der Waals surface area contributed by atoms with Crippen LogP contribution in [0.4, 0.5) is 5.69 Å². The van der Waals surface area contributed by atoms with Gasteiger partial charge in [0.15, 0.2) is 0 Å². The molecule has 0 saturated heterocycles. The third-order valence-electron chi connectivity index (χ3n) is 3.54. The maximum Gasteiger partial charge on any atom is 0.0366 e. The number of hydrogen-bond acceptors (Lipinski definition) is 2. The summed E-state index contributed by atoms with van der Waals surface area (Å²) in [5, 5.41) is 3.32. The van der Waals surface area contributed by atoms with Crippen LogP contribution in [0.15, 0.2) is 30.3 Å². The summed E-state index contributed by atoms with van der Waals surface area (Å²) in [7, 11) is 2.05. The van der Waals surface area contributed by atoms with Gasteiger partial charge in [-0.15, -0.1) is 0 Å². The van der Waals surface area contributed by atoms with Crippen molar-refractivity contribution in [1.82, 2.24) is 5.32 Å². The van der Waals surface area contributed by atoms with Crippen LogP contribution in [-0.2, 0) is 0 Å². The zero-order valence-corrected chi connectivity index (χ0v) is 10.4. The fourth-order valence-electron chi connectivity index (χ4n) is 2.37. The molecule has 2 rings (SSSR count). The van der Waals surface area contributed by atoms with Gasteiger partial charge in [-0.05, 0) is 38.9 Å². The molecular formula is C14H22N2. The fourth-order valence-corrected chi connectivity index (χ4v) is 2.37. The van der Waals surface area contributed by atoms with E-state index in [0.717, 1.165) is 13.1 Å². The average molecular weight is 218 g/mol. The molecule has 0 heterocycles. The number of rotatable bonds is 6. The van der Waals surface area contributed by atoms with Crippen LogP contribution in [0, 0.1) is 5.41 Å². The van der Waals surface area contributed by atoms with E-state index in [0.29, 0.717) is 5.41 Å². The van der Waals surface area contributed by atoms with Gasteiger partial charge in [-0.3, -0.25) is 0 Å². The molecule has 88 valence electrons. The summed E-state index contributed by atoms with van der Waals surface area (Å²) in [6.07, 6.45) is 2.74. The molecule has 2 heteroatoms. The second-order valence-corrected chi connectivity index (χ2v) is 4.88. The van der Waals surface area contributed by atoms with Gasteiger partial charge < -0.3 is 10.2 Å². The summed E-state index contributed by atoms with van der Waals surface area (Å²) in [6, 6.07) is 10.7. The molecule has 1 aliphatic rings. The molecule has 0 bridgehead atoms. The molecule has 1 aromatic carbocycles. The molecule has 2 nitrogen and oxygen atoms in total. The van der Waals surface area contributed by atoms with Gasteiger partial charge in [0.05, 0.1) is 0 Å². The van der Waals surface area contributed by atoms with Crippen molar-refractivity contribution in [2.24, 2.45) is 5.41 Å². The molecule has 1 saturated carbocycles. The lowest BCUT2D eigenvalue weighted by atomic mass is 10.1. The molecule has 1 N–H and O–H groups in total. The minimum Gasteiger partial charge on any atom is -0.371 e. The van der Waals surface area contributed by atoms with E-state index < -0.39 is 0 Å². The molecule has 0 amide bonds. The van der Waals surface area contributed by atoms with Gasteiger partial charge in [0.25, 0.3) is 0 Å². The number of benzene rings is 1. The van der Waals surface area contributed by atoms with Crippen molar-refractivity contribution in [2.75, 3.05) is 31.6 Å². The van der Waals surface area contributed by atoms with E-state index in [2.05, 4.69) is 54.5 Å². The van der Waals surface area contributed by atoms with E-state index >= 15 is 0 Å².